The number of amides is 1. The van der Waals surface area contributed by atoms with Crippen LogP contribution < -0.4 is 10.1 Å². The summed E-state index contributed by atoms with van der Waals surface area (Å²) >= 11 is 1.57. The first-order valence-corrected chi connectivity index (χ1v) is 10.6. The van der Waals surface area contributed by atoms with Crippen molar-refractivity contribution in [1.82, 2.24) is 5.32 Å². The molecule has 156 valence electrons. The van der Waals surface area contributed by atoms with Crippen LogP contribution in [0.15, 0.2) is 83.3 Å². The molecule has 0 bridgehead atoms. The maximum Gasteiger partial charge on any atom is 0.262 e. The first-order chi connectivity index (χ1) is 15.1. The van der Waals surface area contributed by atoms with Gasteiger partial charge in [0.1, 0.15) is 11.6 Å². The van der Waals surface area contributed by atoms with Gasteiger partial charge in [-0.3, -0.25) is 4.79 Å². The number of nitriles is 1. The molecule has 0 fully saturated rings. The molecule has 2 N–H and O–H groups in total. The molecule has 31 heavy (non-hydrogen) atoms. The van der Waals surface area contributed by atoms with Gasteiger partial charge in [-0.15, -0.1) is 11.8 Å². The SMILES string of the molecule is COc1cc(/C=C(/C#N)C(=O)NCc2ccccc2)cc(CSc2ccccc2)c1O. The fourth-order valence-electron chi connectivity index (χ4n) is 2.90. The van der Waals surface area contributed by atoms with Gasteiger partial charge in [-0.1, -0.05) is 48.5 Å². The maximum absolute atomic E-state index is 12.5. The molecule has 5 nitrogen and oxygen atoms in total. The van der Waals surface area contributed by atoms with Gasteiger partial charge in [-0.05, 0) is 41.5 Å². The smallest absolute Gasteiger partial charge is 0.262 e. The lowest BCUT2D eigenvalue weighted by molar-refractivity contribution is -0.117. The van der Waals surface area contributed by atoms with E-state index in [2.05, 4.69) is 5.32 Å². The van der Waals surface area contributed by atoms with Crippen molar-refractivity contribution in [2.75, 3.05) is 7.11 Å². The normalized spacial score (nSPS) is 10.9. The summed E-state index contributed by atoms with van der Waals surface area (Å²) in [7, 11) is 1.47. The van der Waals surface area contributed by atoms with Crippen LogP contribution in [0.2, 0.25) is 0 Å². The molecule has 0 aliphatic carbocycles. The first-order valence-electron chi connectivity index (χ1n) is 9.62. The quantitative estimate of drug-likeness (QED) is 0.301. The van der Waals surface area contributed by atoms with Crippen LogP contribution in [-0.4, -0.2) is 18.1 Å². The van der Waals surface area contributed by atoms with Crippen molar-refractivity contribution in [2.45, 2.75) is 17.2 Å². The standard InChI is InChI=1S/C25H22N2O3S/c1-30-23-14-19(13-21(24(23)28)17-31-22-10-6-3-7-11-22)12-20(15-26)25(29)27-16-18-8-4-2-5-9-18/h2-14,28H,16-17H2,1H3,(H,27,29)/b20-12-. The number of benzene rings is 3. The average Bonchev–Trinajstić information content (AvgIpc) is 2.82. The largest absolute Gasteiger partial charge is 0.504 e. The van der Waals surface area contributed by atoms with E-state index in [1.54, 1.807) is 23.9 Å². The summed E-state index contributed by atoms with van der Waals surface area (Å²) in [5.41, 5.74) is 2.18. The van der Waals surface area contributed by atoms with Crippen LogP contribution in [0, 0.1) is 11.3 Å². The highest BCUT2D eigenvalue weighted by Gasteiger charge is 2.13. The third-order valence-corrected chi connectivity index (χ3v) is 5.57. The topological polar surface area (TPSA) is 82.3 Å². The molecule has 0 radical (unpaired) electrons. The molecule has 1 amide bonds. The van der Waals surface area contributed by atoms with Crippen LogP contribution in [0.5, 0.6) is 11.5 Å². The number of nitrogens with zero attached hydrogens (tertiary/aromatic N) is 1. The second-order valence-corrected chi connectivity index (χ2v) is 7.72. The van der Waals surface area contributed by atoms with E-state index in [4.69, 9.17) is 4.74 Å². The molecule has 3 aromatic rings. The minimum absolute atomic E-state index is 0.0228. The Balaban J connectivity index is 1.79. The van der Waals surface area contributed by atoms with Crippen molar-refractivity contribution in [2.24, 2.45) is 0 Å². The summed E-state index contributed by atoms with van der Waals surface area (Å²) in [4.78, 5) is 13.6. The number of nitrogens with one attached hydrogen (secondary N) is 1. The molecule has 6 heteroatoms. The highest BCUT2D eigenvalue weighted by Crippen LogP contribution is 2.36. The molecular formula is C25H22N2O3S. The van der Waals surface area contributed by atoms with Crippen molar-refractivity contribution in [3.8, 4) is 17.6 Å². The Bertz CT molecular complexity index is 1110. The number of ether oxygens (including phenoxy) is 1. The Morgan fingerprint density at radius 2 is 1.81 bits per heavy atom. The van der Waals surface area contributed by atoms with E-state index in [9.17, 15) is 15.2 Å². The summed E-state index contributed by atoms with van der Waals surface area (Å²) < 4.78 is 5.29. The van der Waals surface area contributed by atoms with Gasteiger partial charge in [-0.25, -0.2) is 0 Å². The molecule has 0 aliphatic heterocycles. The van der Waals surface area contributed by atoms with Crippen molar-refractivity contribution in [3.63, 3.8) is 0 Å². The van der Waals surface area contributed by atoms with E-state index in [1.165, 1.54) is 13.2 Å². The van der Waals surface area contributed by atoms with Crippen LogP contribution >= 0.6 is 11.8 Å². The Morgan fingerprint density at radius 1 is 1.13 bits per heavy atom. The summed E-state index contributed by atoms with van der Waals surface area (Å²) in [5.74, 6) is 0.392. The molecular weight excluding hydrogens is 408 g/mol. The zero-order valence-electron chi connectivity index (χ0n) is 17.0. The molecule has 0 aliphatic rings. The second kappa shape index (κ2) is 10.9. The Kier molecular flexibility index (Phi) is 7.74. The Hall–Kier alpha value is -3.69. The lowest BCUT2D eigenvalue weighted by Gasteiger charge is -2.11. The molecule has 0 saturated heterocycles. The molecule has 0 heterocycles. The lowest BCUT2D eigenvalue weighted by atomic mass is 10.1. The van der Waals surface area contributed by atoms with Crippen LogP contribution in [0.1, 0.15) is 16.7 Å². The number of hydrogen-bond donors (Lipinski definition) is 2. The number of carbonyl (C=O) groups excluding carboxylic acids is 1. The van der Waals surface area contributed by atoms with E-state index >= 15 is 0 Å². The Labute approximate surface area is 186 Å². The first kappa shape index (κ1) is 22.0. The number of carbonyl (C=O) groups is 1. The minimum Gasteiger partial charge on any atom is -0.504 e. The van der Waals surface area contributed by atoms with E-state index in [-0.39, 0.29) is 11.3 Å². The van der Waals surface area contributed by atoms with Gasteiger partial charge in [0, 0.05) is 22.8 Å². The molecule has 3 rings (SSSR count). The number of phenols is 1. The predicted octanol–water partition coefficient (Wildman–Crippen LogP) is 4.92. The monoisotopic (exact) mass is 430 g/mol. The average molecular weight is 431 g/mol. The summed E-state index contributed by atoms with van der Waals surface area (Å²) in [5, 5.41) is 22.7. The molecule has 0 unspecified atom stereocenters. The van der Waals surface area contributed by atoms with Gasteiger partial charge < -0.3 is 15.2 Å². The number of phenolic OH excluding ortho intramolecular Hbond substituents is 1. The van der Waals surface area contributed by atoms with Crippen molar-refractivity contribution in [1.29, 1.82) is 5.26 Å². The molecule has 0 saturated carbocycles. The van der Waals surface area contributed by atoms with Gasteiger partial charge in [0.15, 0.2) is 11.5 Å². The fraction of sp³-hybridized carbons (Fsp3) is 0.120. The molecule has 0 atom stereocenters. The molecule has 0 aromatic heterocycles. The predicted molar refractivity (Wildman–Crippen MR) is 123 cm³/mol. The van der Waals surface area contributed by atoms with Crippen LogP contribution in [0.4, 0.5) is 0 Å². The van der Waals surface area contributed by atoms with E-state index < -0.39 is 5.91 Å². The van der Waals surface area contributed by atoms with Gasteiger partial charge in [-0.2, -0.15) is 5.26 Å². The minimum atomic E-state index is -0.460. The Morgan fingerprint density at radius 3 is 2.45 bits per heavy atom. The number of rotatable bonds is 8. The highest BCUT2D eigenvalue weighted by atomic mass is 32.2. The summed E-state index contributed by atoms with van der Waals surface area (Å²) in [6.07, 6.45) is 1.50. The van der Waals surface area contributed by atoms with Crippen LogP contribution in [-0.2, 0) is 17.1 Å². The van der Waals surface area contributed by atoms with Crippen LogP contribution in [0.25, 0.3) is 6.08 Å². The van der Waals surface area contributed by atoms with Gasteiger partial charge in [0.2, 0.25) is 0 Å². The number of thioether (sulfide) groups is 1. The van der Waals surface area contributed by atoms with E-state index in [0.29, 0.717) is 29.2 Å². The van der Waals surface area contributed by atoms with Gasteiger partial charge >= 0.3 is 0 Å². The number of methoxy groups -OCH3 is 1. The summed E-state index contributed by atoms with van der Waals surface area (Å²) in [6.45, 7) is 0.330. The molecule has 3 aromatic carbocycles. The van der Waals surface area contributed by atoms with Crippen molar-refractivity contribution < 1.29 is 14.6 Å². The van der Waals surface area contributed by atoms with Gasteiger partial charge in [0.05, 0.1) is 7.11 Å². The van der Waals surface area contributed by atoms with Crippen molar-refractivity contribution in [3.05, 3.63) is 95.1 Å². The number of aromatic hydroxyl groups is 1. The highest BCUT2D eigenvalue weighted by molar-refractivity contribution is 7.98. The lowest BCUT2D eigenvalue weighted by Crippen LogP contribution is -2.23. The van der Waals surface area contributed by atoms with E-state index in [0.717, 1.165) is 10.5 Å². The second-order valence-electron chi connectivity index (χ2n) is 6.67. The van der Waals surface area contributed by atoms with Crippen LogP contribution in [0.3, 0.4) is 0 Å². The zero-order chi connectivity index (χ0) is 22.1. The summed E-state index contributed by atoms with van der Waals surface area (Å²) in [6, 6.07) is 24.6. The van der Waals surface area contributed by atoms with Gasteiger partial charge in [0.25, 0.3) is 5.91 Å². The third-order valence-electron chi connectivity index (χ3n) is 4.51. The fourth-order valence-corrected chi connectivity index (χ4v) is 3.80. The van der Waals surface area contributed by atoms with Crippen molar-refractivity contribution >= 4 is 23.7 Å². The molecule has 0 spiro atoms. The van der Waals surface area contributed by atoms with E-state index in [1.807, 2.05) is 66.7 Å². The zero-order valence-corrected chi connectivity index (χ0v) is 17.9. The number of hydrogen-bond acceptors (Lipinski definition) is 5. The third kappa shape index (κ3) is 6.14. The maximum atomic E-state index is 12.5.